The van der Waals surface area contributed by atoms with E-state index in [0.717, 1.165) is 5.56 Å². The van der Waals surface area contributed by atoms with E-state index >= 15 is 0 Å². The van der Waals surface area contributed by atoms with Crippen molar-refractivity contribution in [3.8, 4) is 6.01 Å². The monoisotopic (exact) mass is 313 g/mol. The number of nitrogens with zero attached hydrogens (tertiary/aromatic N) is 4. The first-order chi connectivity index (χ1) is 11.2. The van der Waals surface area contributed by atoms with E-state index in [1.165, 1.54) is 7.11 Å². The summed E-state index contributed by atoms with van der Waals surface area (Å²) in [6.07, 6.45) is 1.65. The van der Waals surface area contributed by atoms with Gasteiger partial charge in [0.05, 0.1) is 20.0 Å². The van der Waals surface area contributed by atoms with Gasteiger partial charge in [-0.1, -0.05) is 30.3 Å². The summed E-state index contributed by atoms with van der Waals surface area (Å²) < 4.78 is 11.6. The molecular formula is C15H15N5O3. The number of esters is 1. The molecule has 3 rings (SSSR count). The van der Waals surface area contributed by atoms with Crippen molar-refractivity contribution in [2.75, 3.05) is 19.5 Å². The molecule has 0 fully saturated rings. The standard InChI is InChI=1S/C15H15N5O3/c1-22-11(21)8-23-15-18-13(16)12-14(19-15)20(9-17-12)7-10-5-3-2-4-6-10/h2-6,9H,7-8H2,1H3,(H2,16,18,19). The molecule has 0 saturated carbocycles. The number of hydrogen-bond donors (Lipinski definition) is 1. The van der Waals surface area contributed by atoms with Crippen LogP contribution in [0.1, 0.15) is 5.56 Å². The normalized spacial score (nSPS) is 10.7. The second-order valence-electron chi connectivity index (χ2n) is 4.79. The van der Waals surface area contributed by atoms with E-state index < -0.39 is 5.97 Å². The molecule has 0 atom stereocenters. The van der Waals surface area contributed by atoms with Gasteiger partial charge in [-0.2, -0.15) is 9.97 Å². The quantitative estimate of drug-likeness (QED) is 0.701. The molecule has 8 nitrogen and oxygen atoms in total. The molecule has 23 heavy (non-hydrogen) atoms. The molecule has 1 aromatic carbocycles. The van der Waals surface area contributed by atoms with Crippen LogP contribution in [0.4, 0.5) is 5.82 Å². The number of nitrogen functional groups attached to an aromatic ring is 1. The summed E-state index contributed by atoms with van der Waals surface area (Å²) in [5.74, 6) is -0.327. The molecule has 0 bridgehead atoms. The summed E-state index contributed by atoms with van der Waals surface area (Å²) in [4.78, 5) is 23.6. The molecule has 2 N–H and O–H groups in total. The molecule has 0 aliphatic rings. The number of carbonyl (C=O) groups excluding carboxylic acids is 1. The molecule has 0 saturated heterocycles. The molecule has 0 amide bonds. The van der Waals surface area contributed by atoms with Crippen molar-refractivity contribution in [1.29, 1.82) is 0 Å². The first-order valence-electron chi connectivity index (χ1n) is 6.89. The second-order valence-corrected chi connectivity index (χ2v) is 4.79. The van der Waals surface area contributed by atoms with Crippen molar-refractivity contribution in [2.24, 2.45) is 0 Å². The summed E-state index contributed by atoms with van der Waals surface area (Å²) in [6, 6.07) is 9.89. The lowest BCUT2D eigenvalue weighted by molar-refractivity contribution is -0.143. The van der Waals surface area contributed by atoms with Crippen LogP contribution in [-0.4, -0.2) is 39.2 Å². The van der Waals surface area contributed by atoms with Gasteiger partial charge >= 0.3 is 12.0 Å². The van der Waals surface area contributed by atoms with Crippen LogP contribution in [0.2, 0.25) is 0 Å². The third-order valence-electron chi connectivity index (χ3n) is 3.21. The third-order valence-corrected chi connectivity index (χ3v) is 3.21. The van der Waals surface area contributed by atoms with Gasteiger partial charge in [-0.25, -0.2) is 9.78 Å². The smallest absolute Gasteiger partial charge is 0.344 e. The van der Waals surface area contributed by atoms with Gasteiger partial charge in [-0.15, -0.1) is 0 Å². The highest BCUT2D eigenvalue weighted by Crippen LogP contribution is 2.20. The third kappa shape index (κ3) is 3.20. The maximum Gasteiger partial charge on any atom is 0.344 e. The highest BCUT2D eigenvalue weighted by Gasteiger charge is 2.13. The maximum absolute atomic E-state index is 11.1. The fourth-order valence-corrected chi connectivity index (χ4v) is 2.09. The van der Waals surface area contributed by atoms with Crippen LogP contribution in [0, 0.1) is 0 Å². The van der Waals surface area contributed by atoms with Crippen molar-refractivity contribution in [3.05, 3.63) is 42.2 Å². The van der Waals surface area contributed by atoms with Crippen LogP contribution >= 0.6 is 0 Å². The minimum atomic E-state index is -0.523. The van der Waals surface area contributed by atoms with E-state index in [1.807, 2.05) is 34.9 Å². The number of benzene rings is 1. The predicted octanol–water partition coefficient (Wildman–Crippen LogP) is 1.01. The highest BCUT2D eigenvalue weighted by molar-refractivity contribution is 5.82. The molecule has 8 heteroatoms. The van der Waals surface area contributed by atoms with Gasteiger partial charge in [-0.3, -0.25) is 0 Å². The zero-order valence-corrected chi connectivity index (χ0v) is 12.5. The van der Waals surface area contributed by atoms with Gasteiger partial charge in [0.15, 0.2) is 23.6 Å². The Balaban J connectivity index is 1.91. The predicted molar refractivity (Wildman–Crippen MR) is 82.8 cm³/mol. The average molecular weight is 313 g/mol. The fraction of sp³-hybridized carbons (Fsp3) is 0.200. The lowest BCUT2D eigenvalue weighted by Crippen LogP contribution is -2.14. The van der Waals surface area contributed by atoms with Crippen molar-refractivity contribution in [2.45, 2.75) is 6.54 Å². The largest absolute Gasteiger partial charge is 0.466 e. The van der Waals surface area contributed by atoms with Crippen LogP contribution in [0.3, 0.4) is 0 Å². The Labute approximate surface area is 131 Å². The van der Waals surface area contributed by atoms with Gasteiger partial charge < -0.3 is 19.8 Å². The molecule has 2 heterocycles. The first kappa shape index (κ1) is 14.8. The lowest BCUT2D eigenvalue weighted by Gasteiger charge is -2.06. The number of fused-ring (bicyclic) bond motifs is 1. The molecule has 0 aliphatic heterocycles. The van der Waals surface area contributed by atoms with E-state index in [9.17, 15) is 4.79 Å². The van der Waals surface area contributed by atoms with E-state index in [0.29, 0.717) is 17.7 Å². The number of aromatic nitrogens is 4. The Morgan fingerprint density at radius 3 is 2.78 bits per heavy atom. The molecule has 0 aliphatic carbocycles. The lowest BCUT2D eigenvalue weighted by atomic mass is 10.2. The molecular weight excluding hydrogens is 298 g/mol. The minimum Gasteiger partial charge on any atom is -0.466 e. The molecule has 118 valence electrons. The van der Waals surface area contributed by atoms with E-state index in [2.05, 4.69) is 19.7 Å². The highest BCUT2D eigenvalue weighted by atomic mass is 16.6. The number of hydrogen-bond acceptors (Lipinski definition) is 7. The minimum absolute atomic E-state index is 0.00946. The van der Waals surface area contributed by atoms with Gasteiger partial charge in [0.25, 0.3) is 0 Å². The number of anilines is 1. The summed E-state index contributed by atoms with van der Waals surface area (Å²) >= 11 is 0. The summed E-state index contributed by atoms with van der Waals surface area (Å²) in [5, 5.41) is 0. The zero-order chi connectivity index (χ0) is 16.2. The number of nitrogens with two attached hydrogens (primary N) is 1. The topological polar surface area (TPSA) is 105 Å². The first-order valence-corrected chi connectivity index (χ1v) is 6.89. The van der Waals surface area contributed by atoms with Gasteiger partial charge in [-0.05, 0) is 5.56 Å². The number of methoxy groups -OCH3 is 1. The van der Waals surface area contributed by atoms with Crippen molar-refractivity contribution in [1.82, 2.24) is 19.5 Å². The van der Waals surface area contributed by atoms with E-state index in [4.69, 9.17) is 10.5 Å². The van der Waals surface area contributed by atoms with Gasteiger partial charge in [0.1, 0.15) is 0 Å². The van der Waals surface area contributed by atoms with E-state index in [-0.39, 0.29) is 18.4 Å². The van der Waals surface area contributed by atoms with E-state index in [1.54, 1.807) is 6.33 Å². The average Bonchev–Trinajstić information content (AvgIpc) is 2.97. The van der Waals surface area contributed by atoms with Crippen molar-refractivity contribution >= 4 is 23.0 Å². The van der Waals surface area contributed by atoms with Crippen LogP contribution in [0.5, 0.6) is 6.01 Å². The van der Waals surface area contributed by atoms with Crippen LogP contribution in [0.15, 0.2) is 36.7 Å². The molecule has 0 unspecified atom stereocenters. The Hall–Kier alpha value is -3.16. The second kappa shape index (κ2) is 6.30. The van der Waals surface area contributed by atoms with Crippen LogP contribution in [-0.2, 0) is 16.1 Å². The molecule has 0 radical (unpaired) electrons. The number of imidazole rings is 1. The fourth-order valence-electron chi connectivity index (χ4n) is 2.09. The number of rotatable bonds is 5. The number of ether oxygens (including phenoxy) is 2. The SMILES string of the molecule is COC(=O)COc1nc(N)c2ncn(Cc3ccccc3)c2n1. The zero-order valence-electron chi connectivity index (χ0n) is 12.5. The molecule has 0 spiro atoms. The summed E-state index contributed by atoms with van der Waals surface area (Å²) in [7, 11) is 1.28. The summed E-state index contributed by atoms with van der Waals surface area (Å²) in [6.45, 7) is 0.304. The van der Waals surface area contributed by atoms with Crippen molar-refractivity contribution < 1.29 is 14.3 Å². The Morgan fingerprint density at radius 1 is 1.26 bits per heavy atom. The Kier molecular flexibility index (Phi) is 4.05. The number of carbonyl (C=O) groups is 1. The summed E-state index contributed by atoms with van der Waals surface area (Å²) in [5.41, 5.74) is 8.01. The van der Waals surface area contributed by atoms with Crippen LogP contribution in [0.25, 0.3) is 11.2 Å². The van der Waals surface area contributed by atoms with Crippen molar-refractivity contribution in [3.63, 3.8) is 0 Å². The molecule has 3 aromatic rings. The van der Waals surface area contributed by atoms with Gasteiger partial charge in [0.2, 0.25) is 0 Å². The Morgan fingerprint density at radius 2 is 2.04 bits per heavy atom. The Bertz CT molecular complexity index is 832. The van der Waals surface area contributed by atoms with Gasteiger partial charge in [0, 0.05) is 0 Å². The van der Waals surface area contributed by atoms with Crippen LogP contribution < -0.4 is 10.5 Å². The molecule has 2 aromatic heterocycles. The maximum atomic E-state index is 11.1.